The minimum Gasteiger partial charge on any atom is -0.503 e. The van der Waals surface area contributed by atoms with Crippen LogP contribution in [0.2, 0.25) is 0 Å². The molecule has 0 spiro atoms. The van der Waals surface area contributed by atoms with Crippen molar-refractivity contribution in [1.82, 2.24) is 9.55 Å². The minimum absolute atomic E-state index is 0. The van der Waals surface area contributed by atoms with E-state index in [1.807, 2.05) is 89.6 Å². The zero-order valence-corrected chi connectivity index (χ0v) is 23.2. The Morgan fingerprint density at radius 3 is 2.41 bits per heavy atom. The second kappa shape index (κ2) is 9.94. The molecule has 200 valence electrons. The summed E-state index contributed by atoms with van der Waals surface area (Å²) >= 11 is 0. The summed E-state index contributed by atoms with van der Waals surface area (Å²) in [4.78, 5) is 4.44. The van der Waals surface area contributed by atoms with E-state index in [2.05, 4.69) is 53.0 Å². The van der Waals surface area contributed by atoms with E-state index < -0.39 is 0 Å². The summed E-state index contributed by atoms with van der Waals surface area (Å²) in [6.07, 6.45) is 3.73. The molecule has 0 aliphatic carbocycles. The van der Waals surface area contributed by atoms with Gasteiger partial charge in [0.25, 0.3) is 0 Å². The Bertz CT molecular complexity index is 2220. The van der Waals surface area contributed by atoms with Crippen LogP contribution in [0.5, 0.6) is 11.5 Å². The van der Waals surface area contributed by atoms with Crippen molar-refractivity contribution in [1.29, 1.82) is 0 Å². The van der Waals surface area contributed by atoms with Gasteiger partial charge in [0.05, 0.1) is 5.39 Å². The van der Waals surface area contributed by atoms with Gasteiger partial charge < -0.3 is 18.7 Å². The van der Waals surface area contributed by atoms with Crippen molar-refractivity contribution >= 4 is 43.9 Å². The van der Waals surface area contributed by atoms with Gasteiger partial charge in [0.1, 0.15) is 16.7 Å². The monoisotopic (exact) mass is 621 g/mol. The van der Waals surface area contributed by atoms with Crippen molar-refractivity contribution in [3.8, 4) is 28.4 Å². The van der Waals surface area contributed by atoms with Gasteiger partial charge in [-0.3, -0.25) is 4.57 Å². The van der Waals surface area contributed by atoms with E-state index in [0.717, 1.165) is 60.8 Å². The molecular formula is C35H21N3O2Pd-2. The summed E-state index contributed by atoms with van der Waals surface area (Å²) in [6.45, 7) is 0. The van der Waals surface area contributed by atoms with Crippen molar-refractivity contribution in [2.24, 2.45) is 0 Å². The van der Waals surface area contributed by atoms with Gasteiger partial charge in [-0.2, -0.15) is 6.07 Å². The molecule has 0 radical (unpaired) electrons. The van der Waals surface area contributed by atoms with Gasteiger partial charge in [-0.15, -0.1) is 35.9 Å². The van der Waals surface area contributed by atoms with Crippen LogP contribution < -0.4 is 9.30 Å². The third-order valence-electron chi connectivity index (χ3n) is 7.21. The van der Waals surface area contributed by atoms with Crippen molar-refractivity contribution < 1.29 is 34.1 Å². The first-order valence-electron chi connectivity index (χ1n) is 13.0. The molecule has 0 unspecified atom stereocenters. The Morgan fingerprint density at radius 2 is 1.54 bits per heavy atom. The number of furan rings is 1. The summed E-state index contributed by atoms with van der Waals surface area (Å²) in [5.74, 6) is 1.17. The fourth-order valence-electron chi connectivity index (χ4n) is 5.51. The number of hydrogen-bond donors (Lipinski definition) is 0. The van der Waals surface area contributed by atoms with Crippen LogP contribution >= 0.6 is 0 Å². The van der Waals surface area contributed by atoms with Crippen LogP contribution in [0.4, 0.5) is 0 Å². The summed E-state index contributed by atoms with van der Waals surface area (Å²) in [5.41, 5.74) is 6.22. The molecule has 0 aliphatic heterocycles. The fraction of sp³-hybridized carbons (Fsp3) is 0. The molecule has 4 aromatic heterocycles. The standard InChI is InChI=1S/C35H21N3O2.Pd/c1-37-20-8-14-28-27-17-18-32-33(29-13-2-3-16-31(29)40-32)34(27)38(35(28)37)24-10-7-12-26(22-24)39-25-11-6-9-23(21-25)30-15-4-5-19-36-30;/h2-20H,1H2;/q-2;. The molecule has 0 bridgehead atoms. The number of aromatic nitrogens is 3. The van der Waals surface area contributed by atoms with Gasteiger partial charge in [-0.25, -0.2) is 0 Å². The number of hydrogen-bond acceptors (Lipinski definition) is 3. The molecule has 0 saturated heterocycles. The maximum atomic E-state index is 6.28. The molecule has 0 amide bonds. The Morgan fingerprint density at radius 1 is 0.732 bits per heavy atom. The second-order valence-electron chi connectivity index (χ2n) is 9.63. The van der Waals surface area contributed by atoms with Gasteiger partial charge in [-0.1, -0.05) is 54.6 Å². The maximum Gasteiger partial charge on any atom is 0.190 e. The first-order chi connectivity index (χ1) is 19.7. The van der Waals surface area contributed by atoms with Crippen molar-refractivity contribution in [2.75, 3.05) is 0 Å². The van der Waals surface area contributed by atoms with Gasteiger partial charge in [-0.05, 0) is 43.2 Å². The van der Waals surface area contributed by atoms with E-state index in [1.54, 1.807) is 6.20 Å². The van der Waals surface area contributed by atoms with E-state index in [4.69, 9.17) is 9.15 Å². The Labute approximate surface area is 249 Å². The zero-order chi connectivity index (χ0) is 26.6. The van der Waals surface area contributed by atoms with Crippen LogP contribution in [0.25, 0.3) is 60.8 Å². The topological polar surface area (TPSA) is 44.1 Å². The van der Waals surface area contributed by atoms with Gasteiger partial charge >= 0.3 is 0 Å². The van der Waals surface area contributed by atoms with Crippen LogP contribution in [0.3, 0.4) is 0 Å². The van der Waals surface area contributed by atoms with Crippen LogP contribution in [-0.2, 0) is 20.4 Å². The minimum atomic E-state index is 0. The smallest absolute Gasteiger partial charge is 0.190 e. The number of fused-ring (bicyclic) bond motifs is 7. The van der Waals surface area contributed by atoms with E-state index in [9.17, 15) is 0 Å². The van der Waals surface area contributed by atoms with Crippen LogP contribution in [0.1, 0.15) is 0 Å². The second-order valence-corrected chi connectivity index (χ2v) is 9.63. The number of pyridine rings is 2. The molecule has 0 fully saturated rings. The quantitative estimate of drug-likeness (QED) is 0.113. The number of rotatable bonds is 4. The molecule has 6 heteroatoms. The van der Waals surface area contributed by atoms with E-state index in [-0.39, 0.29) is 20.4 Å². The van der Waals surface area contributed by atoms with Crippen molar-refractivity contribution in [3.63, 3.8) is 0 Å². The van der Waals surface area contributed by atoms with E-state index in [0.29, 0.717) is 11.5 Å². The Balaban J connectivity index is 0.00000276. The molecule has 0 saturated carbocycles. The maximum absolute atomic E-state index is 6.28. The average molecular weight is 622 g/mol. The van der Waals surface area contributed by atoms with Crippen LogP contribution in [0.15, 0.2) is 120 Å². The zero-order valence-electron chi connectivity index (χ0n) is 21.7. The molecule has 0 N–H and O–H groups in total. The molecule has 41 heavy (non-hydrogen) atoms. The van der Waals surface area contributed by atoms with Crippen molar-refractivity contribution in [3.05, 3.63) is 135 Å². The normalized spacial score (nSPS) is 11.3. The molecule has 8 rings (SSSR count). The van der Waals surface area contributed by atoms with E-state index in [1.165, 1.54) is 0 Å². The Hall–Kier alpha value is -4.89. The summed E-state index contributed by atoms with van der Waals surface area (Å²) in [6, 6.07) is 40.8. The Kier molecular flexibility index (Phi) is 6.09. The largest absolute Gasteiger partial charge is 0.503 e. The molecule has 4 aromatic carbocycles. The summed E-state index contributed by atoms with van der Waals surface area (Å²) in [5, 5.41) is 4.33. The SMILES string of the molecule is [CH2-][n+]1cccc2c3ccc4oc5ccccc5c4c3n(-c3[c-]c(Oc4[c-]c(-c5ccccn5)ccc4)ccc3)c21.[Pd]. The first-order valence-corrected chi connectivity index (χ1v) is 13.0. The molecule has 5 nitrogen and oxygen atoms in total. The van der Waals surface area contributed by atoms with Gasteiger partial charge in [0.15, 0.2) is 5.65 Å². The molecule has 0 aliphatic rings. The average Bonchev–Trinajstić information content (AvgIpc) is 3.54. The van der Waals surface area contributed by atoms with Gasteiger partial charge in [0.2, 0.25) is 0 Å². The fourth-order valence-corrected chi connectivity index (χ4v) is 5.51. The number of benzene rings is 4. The third kappa shape index (κ3) is 4.08. The van der Waals surface area contributed by atoms with Crippen LogP contribution in [0, 0.1) is 19.2 Å². The van der Waals surface area contributed by atoms with E-state index >= 15 is 0 Å². The number of nitrogens with zero attached hydrogens (tertiary/aromatic N) is 3. The first kappa shape index (κ1) is 25.1. The molecular weight excluding hydrogens is 601 g/mol. The molecule has 8 aromatic rings. The van der Waals surface area contributed by atoms with Gasteiger partial charge in [0, 0.05) is 60.0 Å². The molecule has 4 heterocycles. The predicted octanol–water partition coefficient (Wildman–Crippen LogP) is 8.06. The number of ether oxygens (including phenoxy) is 1. The predicted molar refractivity (Wildman–Crippen MR) is 156 cm³/mol. The van der Waals surface area contributed by atoms with Crippen molar-refractivity contribution in [2.45, 2.75) is 0 Å². The number of para-hydroxylation sites is 1. The summed E-state index contributed by atoms with van der Waals surface area (Å²) < 4.78 is 16.6. The molecule has 0 atom stereocenters. The third-order valence-corrected chi connectivity index (χ3v) is 7.21. The summed E-state index contributed by atoms with van der Waals surface area (Å²) in [7, 11) is 4.31. The van der Waals surface area contributed by atoms with Crippen LogP contribution in [-0.4, -0.2) is 9.55 Å².